The summed E-state index contributed by atoms with van der Waals surface area (Å²) in [5.41, 5.74) is 3.04. The molecule has 0 aliphatic carbocycles. The Bertz CT molecular complexity index is 770. The summed E-state index contributed by atoms with van der Waals surface area (Å²) in [6, 6.07) is 3.56. The van der Waals surface area contributed by atoms with Crippen molar-refractivity contribution in [1.82, 2.24) is 20.5 Å². The number of aromatic hydroxyl groups is 1. The molecule has 1 saturated heterocycles. The Morgan fingerprint density at radius 3 is 2.80 bits per heavy atom. The van der Waals surface area contributed by atoms with E-state index in [9.17, 15) is 5.11 Å². The number of benzene rings is 1. The average Bonchev–Trinajstić information content (AvgIpc) is 2.63. The summed E-state index contributed by atoms with van der Waals surface area (Å²) in [4.78, 5) is 8.14. The van der Waals surface area contributed by atoms with Gasteiger partial charge in [0.15, 0.2) is 0 Å². The summed E-state index contributed by atoms with van der Waals surface area (Å²) in [6.07, 6.45) is 7.35. The van der Waals surface area contributed by atoms with Crippen LogP contribution in [0.3, 0.4) is 0 Å². The first-order valence-electron chi connectivity index (χ1n) is 8.21. The Hall–Kier alpha value is -2.25. The van der Waals surface area contributed by atoms with Gasteiger partial charge in [-0.25, -0.2) is 4.98 Å². The molecule has 1 aromatic carbocycles. The SMILES string of the molecule is C=N/C=C\c1cc(-c2cnc(SC3CCNCC3)nn2)c(O)cc1C. The molecule has 7 heteroatoms. The Kier molecular flexibility index (Phi) is 5.78. The fourth-order valence-electron chi connectivity index (χ4n) is 2.73. The predicted molar refractivity (Wildman–Crippen MR) is 102 cm³/mol. The van der Waals surface area contributed by atoms with Gasteiger partial charge in [-0.2, -0.15) is 0 Å². The zero-order valence-electron chi connectivity index (χ0n) is 14.1. The summed E-state index contributed by atoms with van der Waals surface area (Å²) in [5, 5.41) is 23.3. The van der Waals surface area contributed by atoms with E-state index >= 15 is 0 Å². The van der Waals surface area contributed by atoms with Crippen LogP contribution in [0.1, 0.15) is 24.0 Å². The number of nitrogens with zero attached hydrogens (tertiary/aromatic N) is 4. The van der Waals surface area contributed by atoms with E-state index in [0.717, 1.165) is 37.1 Å². The van der Waals surface area contributed by atoms with Crippen LogP contribution in [-0.2, 0) is 0 Å². The highest BCUT2D eigenvalue weighted by Gasteiger charge is 2.16. The summed E-state index contributed by atoms with van der Waals surface area (Å²) in [5.74, 6) is 0.163. The van der Waals surface area contributed by atoms with Gasteiger partial charge < -0.3 is 10.4 Å². The third-order valence-electron chi connectivity index (χ3n) is 4.12. The quantitative estimate of drug-likeness (QED) is 0.802. The van der Waals surface area contributed by atoms with Gasteiger partial charge in [0.25, 0.3) is 0 Å². The number of aromatic nitrogens is 3. The number of thioether (sulfide) groups is 1. The van der Waals surface area contributed by atoms with Gasteiger partial charge in [0.2, 0.25) is 5.16 Å². The van der Waals surface area contributed by atoms with Gasteiger partial charge in [-0.1, -0.05) is 11.8 Å². The Labute approximate surface area is 151 Å². The first-order chi connectivity index (χ1) is 12.2. The molecule has 1 aromatic heterocycles. The van der Waals surface area contributed by atoms with E-state index in [1.54, 1.807) is 30.2 Å². The molecule has 0 bridgehead atoms. The number of phenols is 1. The average molecular weight is 355 g/mol. The molecule has 0 saturated carbocycles. The van der Waals surface area contributed by atoms with Crippen molar-refractivity contribution in [3.8, 4) is 17.0 Å². The van der Waals surface area contributed by atoms with E-state index in [4.69, 9.17) is 0 Å². The van der Waals surface area contributed by atoms with E-state index in [0.29, 0.717) is 21.7 Å². The van der Waals surface area contributed by atoms with Crippen molar-refractivity contribution in [3.63, 3.8) is 0 Å². The zero-order chi connectivity index (χ0) is 17.6. The van der Waals surface area contributed by atoms with Crippen LogP contribution in [0.4, 0.5) is 0 Å². The maximum Gasteiger partial charge on any atom is 0.209 e. The first kappa shape index (κ1) is 17.6. The Morgan fingerprint density at radius 1 is 1.32 bits per heavy atom. The normalized spacial score (nSPS) is 15.6. The van der Waals surface area contributed by atoms with Crippen LogP contribution in [-0.4, -0.2) is 45.3 Å². The second kappa shape index (κ2) is 8.22. The zero-order valence-corrected chi connectivity index (χ0v) is 15.0. The maximum absolute atomic E-state index is 10.3. The smallest absolute Gasteiger partial charge is 0.209 e. The monoisotopic (exact) mass is 355 g/mol. The number of rotatable bonds is 5. The third kappa shape index (κ3) is 4.43. The number of hydrogen-bond donors (Lipinski definition) is 2. The van der Waals surface area contributed by atoms with Crippen LogP contribution in [0, 0.1) is 6.92 Å². The molecule has 2 heterocycles. The third-order valence-corrected chi connectivity index (χ3v) is 5.32. The minimum absolute atomic E-state index is 0.163. The lowest BCUT2D eigenvalue weighted by Crippen LogP contribution is -2.29. The van der Waals surface area contributed by atoms with Gasteiger partial charge in [-0.3, -0.25) is 4.99 Å². The van der Waals surface area contributed by atoms with Crippen LogP contribution in [0.5, 0.6) is 5.75 Å². The fourth-order valence-corrected chi connectivity index (χ4v) is 3.70. The van der Waals surface area contributed by atoms with Gasteiger partial charge in [0.1, 0.15) is 11.4 Å². The second-order valence-electron chi connectivity index (χ2n) is 5.92. The summed E-state index contributed by atoms with van der Waals surface area (Å²) in [6.45, 7) is 7.44. The highest BCUT2D eigenvalue weighted by molar-refractivity contribution is 7.99. The van der Waals surface area contributed by atoms with E-state index in [1.165, 1.54) is 0 Å². The van der Waals surface area contributed by atoms with Crippen molar-refractivity contribution in [3.05, 3.63) is 35.7 Å². The van der Waals surface area contributed by atoms with Crippen molar-refractivity contribution in [2.45, 2.75) is 30.2 Å². The van der Waals surface area contributed by atoms with Gasteiger partial charge >= 0.3 is 0 Å². The highest BCUT2D eigenvalue weighted by Crippen LogP contribution is 2.32. The lowest BCUT2D eigenvalue weighted by atomic mass is 10.0. The molecule has 0 atom stereocenters. The Morgan fingerprint density at radius 2 is 2.12 bits per heavy atom. The minimum Gasteiger partial charge on any atom is -0.507 e. The molecule has 2 aromatic rings. The molecular formula is C18H21N5OS. The number of aryl methyl sites for hydroxylation is 1. The molecule has 1 aliphatic heterocycles. The van der Waals surface area contributed by atoms with E-state index < -0.39 is 0 Å². The molecule has 1 aliphatic rings. The molecule has 25 heavy (non-hydrogen) atoms. The molecule has 2 N–H and O–H groups in total. The van der Waals surface area contributed by atoms with Crippen LogP contribution < -0.4 is 5.32 Å². The van der Waals surface area contributed by atoms with Gasteiger partial charge in [-0.05, 0) is 68.9 Å². The summed E-state index contributed by atoms with van der Waals surface area (Å²) < 4.78 is 0. The van der Waals surface area contributed by atoms with Crippen LogP contribution in [0.25, 0.3) is 17.3 Å². The van der Waals surface area contributed by atoms with Gasteiger partial charge in [0.05, 0.1) is 6.20 Å². The van der Waals surface area contributed by atoms with Crippen molar-refractivity contribution in [2.24, 2.45) is 4.99 Å². The molecule has 130 valence electrons. The lowest BCUT2D eigenvalue weighted by Gasteiger charge is -2.20. The van der Waals surface area contributed by atoms with Crippen LogP contribution in [0.2, 0.25) is 0 Å². The minimum atomic E-state index is 0.163. The lowest BCUT2D eigenvalue weighted by molar-refractivity contribution is 0.476. The van der Waals surface area contributed by atoms with E-state index in [2.05, 4.69) is 32.2 Å². The first-order valence-corrected chi connectivity index (χ1v) is 9.09. The maximum atomic E-state index is 10.3. The molecule has 3 rings (SSSR count). The number of aliphatic imine (C=N–C) groups is 1. The Balaban J connectivity index is 1.81. The number of hydrogen-bond acceptors (Lipinski definition) is 7. The standard InChI is InChI=1S/C18H21N5OS/c1-12-9-17(24)15(10-13(12)3-6-19-2)16-11-21-18(23-22-16)25-14-4-7-20-8-5-14/h3,6,9-11,14,20,24H,2,4-5,7-8H2,1H3/b6-3-. The van der Waals surface area contributed by atoms with Crippen LogP contribution in [0.15, 0.2) is 34.7 Å². The van der Waals surface area contributed by atoms with E-state index in [1.807, 2.05) is 19.1 Å². The number of piperidine rings is 1. The van der Waals surface area contributed by atoms with Crippen molar-refractivity contribution in [2.75, 3.05) is 13.1 Å². The van der Waals surface area contributed by atoms with E-state index in [-0.39, 0.29) is 5.75 Å². The second-order valence-corrected chi connectivity index (χ2v) is 7.18. The van der Waals surface area contributed by atoms with Crippen molar-refractivity contribution in [1.29, 1.82) is 0 Å². The van der Waals surface area contributed by atoms with Crippen molar-refractivity contribution < 1.29 is 5.11 Å². The predicted octanol–water partition coefficient (Wildman–Crippen LogP) is 3.07. The molecule has 1 fully saturated rings. The summed E-state index contributed by atoms with van der Waals surface area (Å²) >= 11 is 1.67. The molecule has 0 unspecified atom stereocenters. The highest BCUT2D eigenvalue weighted by atomic mass is 32.2. The largest absolute Gasteiger partial charge is 0.507 e. The van der Waals surface area contributed by atoms with Gasteiger partial charge in [-0.15, -0.1) is 10.2 Å². The van der Waals surface area contributed by atoms with Gasteiger partial charge in [0, 0.05) is 17.0 Å². The summed E-state index contributed by atoms with van der Waals surface area (Å²) in [7, 11) is 0. The molecule has 0 amide bonds. The molecule has 6 nitrogen and oxygen atoms in total. The molecule has 0 spiro atoms. The fraction of sp³-hybridized carbons (Fsp3) is 0.333. The molecular weight excluding hydrogens is 334 g/mol. The van der Waals surface area contributed by atoms with Crippen molar-refractivity contribution >= 4 is 24.6 Å². The number of phenolic OH excluding ortho intramolecular Hbond substituents is 1. The van der Waals surface area contributed by atoms with Crippen LogP contribution >= 0.6 is 11.8 Å². The molecule has 0 radical (unpaired) electrons. The number of nitrogens with one attached hydrogen (secondary N) is 1. The topological polar surface area (TPSA) is 83.3 Å².